The molecule has 0 aliphatic carbocycles. The van der Waals surface area contributed by atoms with E-state index in [2.05, 4.69) is 23.7 Å². The van der Waals surface area contributed by atoms with Gasteiger partial charge in [0.2, 0.25) is 0 Å². The van der Waals surface area contributed by atoms with Crippen molar-refractivity contribution in [3.05, 3.63) is 77.9 Å². The zero-order valence-corrected chi connectivity index (χ0v) is 12.8. The lowest BCUT2D eigenvalue weighted by atomic mass is 10.0. The van der Waals surface area contributed by atoms with Gasteiger partial charge in [-0.1, -0.05) is 60.4 Å². The smallest absolute Gasteiger partial charge is 0.185 e. The van der Waals surface area contributed by atoms with Crippen molar-refractivity contribution in [3.8, 4) is 23.7 Å². The summed E-state index contributed by atoms with van der Waals surface area (Å²) in [6.45, 7) is 1.53. The second kappa shape index (κ2) is 7.80. The molecular weight excluding hydrogens is 284 g/mol. The van der Waals surface area contributed by atoms with Gasteiger partial charge in [0.15, 0.2) is 5.60 Å². The SMILES string of the molecule is CC(O)(C#C/C(=C\C=O)c1ccccc1)C#Cc1ccccc1. The molecule has 0 aliphatic rings. The van der Waals surface area contributed by atoms with E-state index in [9.17, 15) is 9.90 Å². The molecule has 1 atom stereocenters. The van der Waals surface area contributed by atoms with Gasteiger partial charge in [-0.3, -0.25) is 4.79 Å². The number of hydrogen-bond donors (Lipinski definition) is 1. The van der Waals surface area contributed by atoms with E-state index < -0.39 is 5.60 Å². The van der Waals surface area contributed by atoms with Crippen LogP contribution in [0.5, 0.6) is 0 Å². The lowest BCUT2D eigenvalue weighted by Gasteiger charge is -2.07. The van der Waals surface area contributed by atoms with Crippen molar-refractivity contribution in [2.45, 2.75) is 12.5 Å². The third kappa shape index (κ3) is 5.32. The Morgan fingerprint density at radius 2 is 1.61 bits per heavy atom. The molecule has 0 fully saturated rings. The maximum absolute atomic E-state index is 10.8. The van der Waals surface area contributed by atoms with Crippen LogP contribution in [0.4, 0.5) is 0 Å². The highest BCUT2D eigenvalue weighted by Crippen LogP contribution is 2.13. The summed E-state index contributed by atoms with van der Waals surface area (Å²) in [5, 5.41) is 10.3. The molecule has 0 spiro atoms. The lowest BCUT2D eigenvalue weighted by molar-refractivity contribution is -0.104. The van der Waals surface area contributed by atoms with Crippen molar-refractivity contribution in [3.63, 3.8) is 0 Å². The summed E-state index contributed by atoms with van der Waals surface area (Å²) in [6.07, 6.45) is 2.06. The molecule has 2 aromatic carbocycles. The van der Waals surface area contributed by atoms with Crippen LogP contribution < -0.4 is 0 Å². The number of benzene rings is 2. The van der Waals surface area contributed by atoms with Crippen molar-refractivity contribution in [2.75, 3.05) is 0 Å². The monoisotopic (exact) mass is 300 g/mol. The van der Waals surface area contributed by atoms with E-state index in [1.807, 2.05) is 60.7 Å². The first-order valence-corrected chi connectivity index (χ1v) is 7.15. The Morgan fingerprint density at radius 1 is 1.00 bits per heavy atom. The third-order valence-corrected chi connectivity index (χ3v) is 2.98. The minimum absolute atomic E-state index is 0.544. The molecule has 1 unspecified atom stereocenters. The molecule has 0 saturated heterocycles. The van der Waals surface area contributed by atoms with E-state index in [-0.39, 0.29) is 0 Å². The number of aliphatic hydroxyl groups is 1. The highest BCUT2D eigenvalue weighted by atomic mass is 16.3. The molecule has 0 saturated carbocycles. The molecule has 0 aromatic heterocycles. The van der Waals surface area contributed by atoms with Gasteiger partial charge in [-0.2, -0.15) is 0 Å². The number of aldehydes is 1. The van der Waals surface area contributed by atoms with Crippen LogP contribution >= 0.6 is 0 Å². The predicted octanol–water partition coefficient (Wildman–Crippen LogP) is 3.08. The van der Waals surface area contributed by atoms with Crippen LogP contribution in [0, 0.1) is 23.7 Å². The number of hydrogen-bond acceptors (Lipinski definition) is 2. The van der Waals surface area contributed by atoms with Crippen molar-refractivity contribution in [1.29, 1.82) is 0 Å². The van der Waals surface area contributed by atoms with Crippen LogP contribution in [-0.4, -0.2) is 17.0 Å². The normalized spacial score (nSPS) is 12.9. The van der Waals surface area contributed by atoms with Gasteiger partial charge in [0.1, 0.15) is 6.29 Å². The Labute approximate surface area is 136 Å². The summed E-state index contributed by atoms with van der Waals surface area (Å²) in [4.78, 5) is 10.8. The van der Waals surface area contributed by atoms with Gasteiger partial charge in [0.05, 0.1) is 0 Å². The number of carbonyl (C=O) groups excluding carboxylic acids is 1. The molecule has 0 radical (unpaired) electrons. The quantitative estimate of drug-likeness (QED) is 0.526. The van der Waals surface area contributed by atoms with E-state index in [1.165, 1.54) is 13.0 Å². The van der Waals surface area contributed by atoms with Crippen LogP contribution in [0.3, 0.4) is 0 Å². The first-order chi connectivity index (χ1) is 11.1. The average molecular weight is 300 g/mol. The number of rotatable bonds is 2. The summed E-state index contributed by atoms with van der Waals surface area (Å²) in [6, 6.07) is 18.7. The standard InChI is InChI=1S/C21H16O2/c1-21(23,15-12-18-8-4-2-5-9-18)16-13-20(14-17-22)19-10-6-3-7-11-19/h2-11,14,17,23H,1H3/b20-14+. The van der Waals surface area contributed by atoms with Crippen LogP contribution in [0.15, 0.2) is 66.7 Å². The predicted molar refractivity (Wildman–Crippen MR) is 92.2 cm³/mol. The average Bonchev–Trinajstić information content (AvgIpc) is 2.59. The Hall–Kier alpha value is -3.07. The first kappa shape index (κ1) is 16.3. The van der Waals surface area contributed by atoms with Gasteiger partial charge in [-0.25, -0.2) is 0 Å². The second-order valence-corrected chi connectivity index (χ2v) is 5.02. The van der Waals surface area contributed by atoms with E-state index in [4.69, 9.17) is 0 Å². The van der Waals surface area contributed by atoms with Gasteiger partial charge in [-0.15, -0.1) is 0 Å². The summed E-state index contributed by atoms with van der Waals surface area (Å²) in [7, 11) is 0. The molecule has 23 heavy (non-hydrogen) atoms. The van der Waals surface area contributed by atoms with Crippen molar-refractivity contribution in [1.82, 2.24) is 0 Å². The fraction of sp³-hybridized carbons (Fsp3) is 0.0952. The molecular formula is C21H16O2. The van der Waals surface area contributed by atoms with Gasteiger partial charge in [0.25, 0.3) is 0 Å². The zero-order valence-electron chi connectivity index (χ0n) is 12.8. The van der Waals surface area contributed by atoms with Gasteiger partial charge in [-0.05, 0) is 42.5 Å². The van der Waals surface area contributed by atoms with E-state index in [1.54, 1.807) is 0 Å². The molecule has 1 N–H and O–H groups in total. The van der Waals surface area contributed by atoms with Crippen molar-refractivity contribution < 1.29 is 9.90 Å². The topological polar surface area (TPSA) is 37.3 Å². The second-order valence-electron chi connectivity index (χ2n) is 5.02. The Bertz CT molecular complexity index is 808. The summed E-state index contributed by atoms with van der Waals surface area (Å²) < 4.78 is 0. The van der Waals surface area contributed by atoms with E-state index in [0.29, 0.717) is 11.9 Å². The molecule has 2 heteroatoms. The van der Waals surface area contributed by atoms with Crippen LogP contribution in [0.1, 0.15) is 18.1 Å². The summed E-state index contributed by atoms with van der Waals surface area (Å²) >= 11 is 0. The molecule has 0 aliphatic heterocycles. The Morgan fingerprint density at radius 3 is 2.22 bits per heavy atom. The van der Waals surface area contributed by atoms with Crippen LogP contribution in [-0.2, 0) is 4.79 Å². The molecule has 112 valence electrons. The summed E-state index contributed by atoms with van der Waals surface area (Å²) in [5.74, 6) is 11.2. The van der Waals surface area contributed by atoms with Crippen LogP contribution in [0.25, 0.3) is 5.57 Å². The van der Waals surface area contributed by atoms with Gasteiger partial charge in [0, 0.05) is 11.1 Å². The fourth-order valence-corrected chi connectivity index (χ4v) is 1.83. The minimum atomic E-state index is -1.47. The van der Waals surface area contributed by atoms with Crippen LogP contribution in [0.2, 0.25) is 0 Å². The molecule has 0 heterocycles. The third-order valence-electron chi connectivity index (χ3n) is 2.98. The largest absolute Gasteiger partial charge is 0.367 e. The Balaban J connectivity index is 2.26. The van der Waals surface area contributed by atoms with E-state index in [0.717, 1.165) is 11.1 Å². The maximum Gasteiger partial charge on any atom is 0.185 e. The molecule has 0 bridgehead atoms. The van der Waals surface area contributed by atoms with Crippen molar-refractivity contribution in [2.24, 2.45) is 0 Å². The Kier molecular flexibility index (Phi) is 5.53. The lowest BCUT2D eigenvalue weighted by Crippen LogP contribution is -2.18. The number of carbonyl (C=O) groups is 1. The first-order valence-electron chi connectivity index (χ1n) is 7.15. The fourth-order valence-electron chi connectivity index (χ4n) is 1.83. The zero-order chi connectivity index (χ0) is 16.5. The molecule has 0 amide bonds. The molecule has 2 aromatic rings. The molecule has 2 rings (SSSR count). The van der Waals surface area contributed by atoms with Gasteiger partial charge < -0.3 is 5.11 Å². The highest BCUT2D eigenvalue weighted by Gasteiger charge is 2.12. The highest BCUT2D eigenvalue weighted by molar-refractivity contribution is 5.89. The summed E-state index contributed by atoms with van der Waals surface area (Å²) in [5.41, 5.74) is 0.703. The van der Waals surface area contributed by atoms with E-state index >= 15 is 0 Å². The molecule has 2 nitrogen and oxygen atoms in total. The minimum Gasteiger partial charge on any atom is -0.367 e. The van der Waals surface area contributed by atoms with Gasteiger partial charge >= 0.3 is 0 Å². The van der Waals surface area contributed by atoms with Crippen molar-refractivity contribution >= 4 is 11.9 Å². The number of allylic oxidation sites excluding steroid dienone is 2. The maximum atomic E-state index is 10.8.